The van der Waals surface area contributed by atoms with Crippen LogP contribution >= 0.6 is 22.6 Å². The third-order valence-corrected chi connectivity index (χ3v) is 1.58. The molecule has 1 heterocycles. The summed E-state index contributed by atoms with van der Waals surface area (Å²) in [6.45, 7) is 0. The molecule has 1 radical (unpaired) electrons. The van der Waals surface area contributed by atoms with E-state index < -0.39 is 5.69 Å². The second kappa shape index (κ2) is 4.32. The van der Waals surface area contributed by atoms with Gasteiger partial charge < -0.3 is 4.98 Å². The van der Waals surface area contributed by atoms with Crippen LogP contribution in [0.4, 0.5) is 0 Å². The monoisotopic (exact) mass is 261 g/mol. The van der Waals surface area contributed by atoms with Crippen molar-refractivity contribution >= 4 is 52.1 Å². The van der Waals surface area contributed by atoms with Crippen LogP contribution in [-0.2, 0) is 0 Å². The number of aromatic nitrogens is 2. The van der Waals surface area contributed by atoms with E-state index in [1.165, 1.54) is 6.20 Å². The molecule has 1 rings (SSSR count). The van der Waals surface area contributed by atoms with Crippen molar-refractivity contribution in [2.75, 3.05) is 0 Å². The first kappa shape index (κ1) is 10.4. The first-order chi connectivity index (χ1) is 4.20. The molecular formula is C4H3IN2NaO2. The van der Waals surface area contributed by atoms with Gasteiger partial charge in [0.2, 0.25) is 0 Å². The van der Waals surface area contributed by atoms with Crippen LogP contribution in [0.25, 0.3) is 0 Å². The van der Waals surface area contributed by atoms with E-state index in [0.29, 0.717) is 3.57 Å². The fraction of sp³-hybridized carbons (Fsp3) is 0. The summed E-state index contributed by atoms with van der Waals surface area (Å²) in [5.74, 6) is 0. The Morgan fingerprint density at radius 3 is 2.40 bits per heavy atom. The Morgan fingerprint density at radius 1 is 1.40 bits per heavy atom. The molecule has 0 aromatic carbocycles. The normalized spacial score (nSPS) is 8.50. The zero-order valence-electron chi connectivity index (χ0n) is 5.27. The molecule has 1 aromatic heterocycles. The van der Waals surface area contributed by atoms with Gasteiger partial charge in [-0.05, 0) is 22.6 Å². The summed E-state index contributed by atoms with van der Waals surface area (Å²) in [5.41, 5.74) is -0.820. The Bertz CT molecular complexity index is 318. The molecule has 49 valence electrons. The molecule has 2 N–H and O–H groups in total. The number of hydrogen-bond donors (Lipinski definition) is 2. The van der Waals surface area contributed by atoms with E-state index in [4.69, 9.17) is 0 Å². The maximum Gasteiger partial charge on any atom is 0.325 e. The Hall–Kier alpha value is 0.410. The van der Waals surface area contributed by atoms with Crippen LogP contribution in [0.15, 0.2) is 15.8 Å². The summed E-state index contributed by atoms with van der Waals surface area (Å²) < 4.78 is 0.479. The second-order valence-corrected chi connectivity index (χ2v) is 2.58. The molecule has 0 amide bonds. The van der Waals surface area contributed by atoms with E-state index in [-0.39, 0.29) is 35.1 Å². The van der Waals surface area contributed by atoms with Gasteiger partial charge in [-0.1, -0.05) is 0 Å². The molecule has 6 heteroatoms. The molecule has 0 fully saturated rings. The van der Waals surface area contributed by atoms with Crippen LogP contribution in [0.3, 0.4) is 0 Å². The van der Waals surface area contributed by atoms with Gasteiger partial charge in [0.05, 0.1) is 3.57 Å². The molecule has 0 saturated carbocycles. The topological polar surface area (TPSA) is 65.7 Å². The zero-order chi connectivity index (χ0) is 6.85. The van der Waals surface area contributed by atoms with Gasteiger partial charge >= 0.3 is 5.69 Å². The van der Waals surface area contributed by atoms with Crippen molar-refractivity contribution in [1.82, 2.24) is 9.97 Å². The molecule has 0 atom stereocenters. The molecule has 4 nitrogen and oxygen atoms in total. The Labute approximate surface area is 91.9 Å². The SMILES string of the molecule is O=c1[nH]cc(I)c(=O)[nH]1.[Na]. The van der Waals surface area contributed by atoms with Gasteiger partial charge in [-0.3, -0.25) is 9.78 Å². The van der Waals surface area contributed by atoms with Crippen LogP contribution in [-0.4, -0.2) is 39.5 Å². The summed E-state index contributed by atoms with van der Waals surface area (Å²) in [6, 6.07) is 0. The first-order valence-corrected chi connectivity index (χ1v) is 3.25. The number of H-pyrrole nitrogens is 2. The Balaban J connectivity index is 0.000000810. The van der Waals surface area contributed by atoms with Gasteiger partial charge in [-0.2, -0.15) is 0 Å². The third-order valence-electron chi connectivity index (χ3n) is 0.774. The van der Waals surface area contributed by atoms with E-state index in [9.17, 15) is 9.59 Å². The minimum atomic E-state index is -0.472. The molecule has 1 aromatic rings. The van der Waals surface area contributed by atoms with E-state index in [0.717, 1.165) is 0 Å². The standard InChI is InChI=1S/C4H3IN2O2.Na/c5-2-1-6-4(9)7-3(2)8;/h1H,(H2,6,7,8,9);. The fourth-order valence-electron chi connectivity index (χ4n) is 0.393. The minimum absolute atomic E-state index is 0. The van der Waals surface area contributed by atoms with Crippen molar-refractivity contribution in [2.45, 2.75) is 0 Å². The number of halogens is 1. The summed E-state index contributed by atoms with van der Waals surface area (Å²) in [5, 5.41) is 0. The third kappa shape index (κ3) is 2.57. The molecule has 0 aliphatic heterocycles. The van der Waals surface area contributed by atoms with Crippen molar-refractivity contribution in [2.24, 2.45) is 0 Å². The van der Waals surface area contributed by atoms with E-state index in [1.807, 2.05) is 22.6 Å². The molecular weight excluding hydrogens is 258 g/mol. The van der Waals surface area contributed by atoms with Gasteiger partial charge in [-0.15, -0.1) is 0 Å². The maximum absolute atomic E-state index is 10.6. The second-order valence-electron chi connectivity index (χ2n) is 1.42. The molecule has 0 aliphatic carbocycles. The van der Waals surface area contributed by atoms with Crippen molar-refractivity contribution < 1.29 is 0 Å². The number of aromatic amines is 2. The van der Waals surface area contributed by atoms with Gasteiger partial charge in [-0.25, -0.2) is 4.79 Å². The summed E-state index contributed by atoms with van der Waals surface area (Å²) in [7, 11) is 0. The van der Waals surface area contributed by atoms with Crippen molar-refractivity contribution in [3.8, 4) is 0 Å². The summed E-state index contributed by atoms with van der Waals surface area (Å²) in [6.07, 6.45) is 1.36. The van der Waals surface area contributed by atoms with Crippen molar-refractivity contribution in [3.63, 3.8) is 0 Å². The van der Waals surface area contributed by atoms with E-state index in [1.54, 1.807) is 0 Å². The van der Waals surface area contributed by atoms with Crippen LogP contribution < -0.4 is 11.2 Å². The van der Waals surface area contributed by atoms with Gasteiger partial charge in [0.15, 0.2) is 0 Å². The average molecular weight is 261 g/mol. The number of rotatable bonds is 0. The molecule has 0 bridgehead atoms. The Kier molecular flexibility index (Phi) is 4.50. The Morgan fingerprint density at radius 2 is 2.00 bits per heavy atom. The maximum atomic E-state index is 10.6. The smallest absolute Gasteiger partial charge is 0.313 e. The first-order valence-electron chi connectivity index (χ1n) is 2.17. The number of hydrogen-bond acceptors (Lipinski definition) is 2. The van der Waals surface area contributed by atoms with Gasteiger partial charge in [0, 0.05) is 35.8 Å². The minimum Gasteiger partial charge on any atom is -0.313 e. The van der Waals surface area contributed by atoms with Gasteiger partial charge in [0.25, 0.3) is 5.56 Å². The predicted octanol–water partition coefficient (Wildman–Crippen LogP) is -0.713. The van der Waals surface area contributed by atoms with Crippen molar-refractivity contribution in [3.05, 3.63) is 30.6 Å². The van der Waals surface area contributed by atoms with E-state index >= 15 is 0 Å². The quantitative estimate of drug-likeness (QED) is 0.478. The predicted molar refractivity (Wildman–Crippen MR) is 46.2 cm³/mol. The van der Waals surface area contributed by atoms with Gasteiger partial charge in [0.1, 0.15) is 0 Å². The fourth-order valence-corrected chi connectivity index (χ4v) is 0.684. The van der Waals surface area contributed by atoms with Crippen LogP contribution in [0.2, 0.25) is 0 Å². The number of nitrogens with one attached hydrogen (secondary N) is 2. The molecule has 0 spiro atoms. The van der Waals surface area contributed by atoms with Crippen LogP contribution in [0.5, 0.6) is 0 Å². The summed E-state index contributed by atoms with van der Waals surface area (Å²) in [4.78, 5) is 25.3. The van der Waals surface area contributed by atoms with Crippen LogP contribution in [0, 0.1) is 3.57 Å². The van der Waals surface area contributed by atoms with Crippen molar-refractivity contribution in [1.29, 1.82) is 0 Å². The van der Waals surface area contributed by atoms with Crippen LogP contribution in [0.1, 0.15) is 0 Å². The largest absolute Gasteiger partial charge is 0.325 e. The molecule has 0 aliphatic rings. The van der Waals surface area contributed by atoms with E-state index in [2.05, 4.69) is 9.97 Å². The molecule has 0 unspecified atom stereocenters. The zero-order valence-corrected chi connectivity index (χ0v) is 9.43. The summed E-state index contributed by atoms with van der Waals surface area (Å²) >= 11 is 1.83. The molecule has 10 heavy (non-hydrogen) atoms. The average Bonchev–Trinajstić information content (AvgIpc) is 1.80. The molecule has 0 saturated heterocycles.